The van der Waals surface area contributed by atoms with E-state index in [0.717, 1.165) is 12.8 Å². The van der Waals surface area contributed by atoms with Crippen LogP contribution < -0.4 is 0 Å². The lowest BCUT2D eigenvalue weighted by Gasteiger charge is -2.22. The van der Waals surface area contributed by atoms with Gasteiger partial charge in [-0.25, -0.2) is 0 Å². The molecular weight excluding hydrogens is 268 g/mol. The topological polar surface area (TPSA) is 54.7 Å². The number of aliphatic hydroxyl groups is 1. The highest BCUT2D eigenvalue weighted by atomic mass is 35.5. The molecule has 0 radical (unpaired) electrons. The van der Waals surface area contributed by atoms with Crippen LogP contribution in [0.3, 0.4) is 0 Å². The van der Waals surface area contributed by atoms with Gasteiger partial charge in [-0.1, -0.05) is 11.6 Å². The van der Waals surface area contributed by atoms with Crippen molar-refractivity contribution in [2.75, 3.05) is 33.4 Å². The number of rotatable bonds is 7. The Labute approximate surface area is 117 Å². The first-order chi connectivity index (χ1) is 9.17. The van der Waals surface area contributed by atoms with E-state index in [1.54, 1.807) is 24.3 Å². The molecule has 0 spiro atoms. The van der Waals surface area contributed by atoms with Crippen molar-refractivity contribution in [3.8, 4) is 0 Å². The van der Waals surface area contributed by atoms with Gasteiger partial charge in [-0.05, 0) is 18.9 Å². The lowest BCUT2D eigenvalue weighted by molar-refractivity contribution is 0.0646. The molecule has 1 aliphatic rings. The molecule has 0 unspecified atom stereocenters. The molecule has 1 amide bonds. The normalized spacial score (nSPS) is 14.7. The Balaban J connectivity index is 2.15. The van der Waals surface area contributed by atoms with E-state index in [9.17, 15) is 4.79 Å². The summed E-state index contributed by atoms with van der Waals surface area (Å²) in [6, 6.07) is 2.09. The number of halogens is 1. The van der Waals surface area contributed by atoms with Gasteiger partial charge in [0.15, 0.2) is 0 Å². The molecule has 0 atom stereocenters. The molecule has 1 N–H and O–H groups in total. The molecule has 19 heavy (non-hydrogen) atoms. The molecule has 1 saturated carbocycles. The summed E-state index contributed by atoms with van der Waals surface area (Å²) in [6.45, 7) is 1.15. The van der Waals surface area contributed by atoms with E-state index in [2.05, 4.69) is 0 Å². The Kier molecular flexibility index (Phi) is 4.85. The largest absolute Gasteiger partial charge is 0.395 e. The van der Waals surface area contributed by atoms with Crippen LogP contribution in [-0.2, 0) is 4.74 Å². The number of nitrogens with zero attached hydrogens (tertiary/aromatic N) is 2. The maximum Gasteiger partial charge on any atom is 0.270 e. The van der Waals surface area contributed by atoms with Crippen LogP contribution in [0.5, 0.6) is 0 Å². The molecule has 0 bridgehead atoms. The van der Waals surface area contributed by atoms with Gasteiger partial charge in [0.1, 0.15) is 5.69 Å². The van der Waals surface area contributed by atoms with Crippen LogP contribution >= 0.6 is 11.6 Å². The molecule has 1 aromatic rings. The van der Waals surface area contributed by atoms with Crippen LogP contribution in [0.15, 0.2) is 12.3 Å². The highest BCUT2D eigenvalue weighted by Gasteiger charge is 2.29. The first-order valence-electron chi connectivity index (χ1n) is 6.43. The molecule has 5 nitrogen and oxygen atoms in total. The van der Waals surface area contributed by atoms with E-state index in [1.165, 1.54) is 0 Å². The number of carbonyl (C=O) groups excluding carboxylic acids is 1. The Bertz CT molecular complexity index is 443. The van der Waals surface area contributed by atoms with E-state index >= 15 is 0 Å². The van der Waals surface area contributed by atoms with Crippen molar-refractivity contribution in [2.24, 2.45) is 0 Å². The van der Waals surface area contributed by atoms with Crippen LogP contribution in [0.4, 0.5) is 0 Å². The zero-order valence-electron chi connectivity index (χ0n) is 11.0. The molecular formula is C13H19ClN2O3. The average molecular weight is 287 g/mol. The molecule has 106 valence electrons. The summed E-state index contributed by atoms with van der Waals surface area (Å²) in [5.41, 5.74) is 0.594. The lowest BCUT2D eigenvalue weighted by Crippen LogP contribution is -2.37. The molecule has 2 rings (SSSR count). The standard InChI is InChI=1S/C13H19ClN2O3/c1-19-7-5-15(4-6-17)13(18)12-8-10(14)9-16(12)11-2-3-11/h8-9,11,17H,2-7H2,1H3. The molecule has 1 aliphatic carbocycles. The van der Waals surface area contributed by atoms with Crippen LogP contribution in [-0.4, -0.2) is 53.9 Å². The number of carbonyl (C=O) groups is 1. The number of ether oxygens (including phenoxy) is 1. The predicted molar refractivity (Wildman–Crippen MR) is 72.6 cm³/mol. The number of methoxy groups -OCH3 is 1. The van der Waals surface area contributed by atoms with Crippen LogP contribution in [0, 0.1) is 0 Å². The summed E-state index contributed by atoms with van der Waals surface area (Å²) in [7, 11) is 1.59. The summed E-state index contributed by atoms with van der Waals surface area (Å²) in [4.78, 5) is 14.1. The first kappa shape index (κ1) is 14.4. The third-order valence-electron chi connectivity index (χ3n) is 3.20. The second-order valence-electron chi connectivity index (χ2n) is 4.69. The van der Waals surface area contributed by atoms with E-state index < -0.39 is 0 Å². The second kappa shape index (κ2) is 6.41. The van der Waals surface area contributed by atoms with E-state index in [1.807, 2.05) is 4.57 Å². The van der Waals surface area contributed by atoms with E-state index in [4.69, 9.17) is 21.4 Å². The van der Waals surface area contributed by atoms with Gasteiger partial charge >= 0.3 is 0 Å². The van der Waals surface area contributed by atoms with Crippen LogP contribution in [0.1, 0.15) is 29.4 Å². The van der Waals surface area contributed by atoms with Crippen LogP contribution in [0.25, 0.3) is 0 Å². The number of aliphatic hydroxyl groups excluding tert-OH is 1. The Morgan fingerprint density at radius 2 is 2.32 bits per heavy atom. The van der Waals surface area contributed by atoms with Gasteiger partial charge in [0.05, 0.1) is 18.2 Å². The van der Waals surface area contributed by atoms with Gasteiger partial charge in [-0.3, -0.25) is 4.79 Å². The zero-order chi connectivity index (χ0) is 13.8. The zero-order valence-corrected chi connectivity index (χ0v) is 11.8. The fraction of sp³-hybridized carbons (Fsp3) is 0.615. The minimum atomic E-state index is -0.107. The van der Waals surface area contributed by atoms with Crippen molar-refractivity contribution < 1.29 is 14.6 Å². The van der Waals surface area contributed by atoms with Crippen molar-refractivity contribution in [3.63, 3.8) is 0 Å². The predicted octanol–water partition coefficient (Wildman–Crippen LogP) is 1.56. The number of amides is 1. The summed E-state index contributed by atoms with van der Waals surface area (Å²) >= 11 is 6.00. The monoisotopic (exact) mass is 286 g/mol. The van der Waals surface area contributed by atoms with Crippen molar-refractivity contribution in [2.45, 2.75) is 18.9 Å². The van der Waals surface area contributed by atoms with Crippen LogP contribution in [0.2, 0.25) is 5.02 Å². The number of hydrogen-bond donors (Lipinski definition) is 1. The SMILES string of the molecule is COCCN(CCO)C(=O)c1cc(Cl)cn1C1CC1. The van der Waals surface area contributed by atoms with Gasteiger partial charge in [0.2, 0.25) is 0 Å². The van der Waals surface area contributed by atoms with Gasteiger partial charge in [0, 0.05) is 32.4 Å². The summed E-state index contributed by atoms with van der Waals surface area (Å²) in [6.07, 6.45) is 3.98. The smallest absolute Gasteiger partial charge is 0.270 e. The van der Waals surface area contributed by atoms with Gasteiger partial charge in [-0.2, -0.15) is 0 Å². The van der Waals surface area contributed by atoms with Gasteiger partial charge in [0.25, 0.3) is 5.91 Å². The maximum atomic E-state index is 12.5. The minimum absolute atomic E-state index is 0.0622. The van der Waals surface area contributed by atoms with Gasteiger partial charge in [-0.15, -0.1) is 0 Å². The highest BCUT2D eigenvalue weighted by Crippen LogP contribution is 2.37. The van der Waals surface area contributed by atoms with Crippen molar-refractivity contribution in [1.82, 2.24) is 9.47 Å². The third-order valence-corrected chi connectivity index (χ3v) is 3.40. The van der Waals surface area contributed by atoms with E-state index in [-0.39, 0.29) is 12.5 Å². The fourth-order valence-corrected chi connectivity index (χ4v) is 2.28. The van der Waals surface area contributed by atoms with Crippen molar-refractivity contribution in [3.05, 3.63) is 23.0 Å². The number of aromatic nitrogens is 1. The Morgan fingerprint density at radius 3 is 2.89 bits per heavy atom. The molecule has 0 saturated heterocycles. The van der Waals surface area contributed by atoms with Crippen molar-refractivity contribution >= 4 is 17.5 Å². The molecule has 1 heterocycles. The average Bonchev–Trinajstić information content (AvgIpc) is 3.17. The van der Waals surface area contributed by atoms with Crippen molar-refractivity contribution in [1.29, 1.82) is 0 Å². The molecule has 1 fully saturated rings. The highest BCUT2D eigenvalue weighted by molar-refractivity contribution is 6.31. The fourth-order valence-electron chi connectivity index (χ4n) is 2.07. The molecule has 0 aliphatic heterocycles. The summed E-state index contributed by atoms with van der Waals surface area (Å²) in [5, 5.41) is 9.64. The first-order valence-corrected chi connectivity index (χ1v) is 6.81. The number of hydrogen-bond acceptors (Lipinski definition) is 3. The Morgan fingerprint density at radius 1 is 1.58 bits per heavy atom. The Hall–Kier alpha value is -1.04. The summed E-state index contributed by atoms with van der Waals surface area (Å²) in [5.74, 6) is -0.107. The molecule has 6 heteroatoms. The quantitative estimate of drug-likeness (QED) is 0.827. The van der Waals surface area contributed by atoms with E-state index in [0.29, 0.717) is 36.5 Å². The van der Waals surface area contributed by atoms with Gasteiger partial charge < -0.3 is 19.3 Å². The maximum absolute atomic E-state index is 12.5. The minimum Gasteiger partial charge on any atom is -0.395 e. The second-order valence-corrected chi connectivity index (χ2v) is 5.13. The lowest BCUT2D eigenvalue weighted by atomic mass is 10.3. The summed E-state index contributed by atoms with van der Waals surface area (Å²) < 4.78 is 6.94. The third kappa shape index (κ3) is 3.49. The molecule has 1 aromatic heterocycles. The molecule has 0 aromatic carbocycles.